The fourth-order valence-corrected chi connectivity index (χ4v) is 4.31. The summed E-state index contributed by atoms with van der Waals surface area (Å²) >= 11 is 1.98. The van der Waals surface area contributed by atoms with Crippen LogP contribution in [0, 0.1) is 12.8 Å². The van der Waals surface area contributed by atoms with Crippen molar-refractivity contribution in [2.24, 2.45) is 5.92 Å². The Morgan fingerprint density at radius 1 is 1.10 bits per heavy atom. The molecule has 1 nitrogen and oxygen atoms in total. The van der Waals surface area contributed by atoms with Crippen LogP contribution < -0.4 is 5.32 Å². The van der Waals surface area contributed by atoms with Crippen molar-refractivity contribution in [3.63, 3.8) is 0 Å². The monoisotopic (exact) mass is 297 g/mol. The van der Waals surface area contributed by atoms with E-state index in [1.54, 1.807) is 0 Å². The number of aryl methyl sites for hydroxylation is 1. The molecule has 0 amide bonds. The maximum absolute atomic E-state index is 3.53. The number of nitrogens with one attached hydrogen (secondary N) is 1. The Morgan fingerprint density at radius 2 is 1.81 bits per heavy atom. The Bertz CT molecular complexity index is 581. The Kier molecular flexibility index (Phi) is 4.67. The van der Waals surface area contributed by atoms with Crippen molar-refractivity contribution in [3.05, 3.63) is 65.7 Å². The normalized spacial score (nSPS) is 22.0. The first kappa shape index (κ1) is 14.7. The highest BCUT2D eigenvalue weighted by Gasteiger charge is 2.42. The van der Waals surface area contributed by atoms with Crippen LogP contribution in [0.1, 0.15) is 23.5 Å². The first-order valence-electron chi connectivity index (χ1n) is 7.70. The van der Waals surface area contributed by atoms with E-state index in [0.29, 0.717) is 6.04 Å². The van der Waals surface area contributed by atoms with Crippen molar-refractivity contribution < 1.29 is 0 Å². The summed E-state index contributed by atoms with van der Waals surface area (Å²) in [7, 11) is 2.10. The average molecular weight is 297 g/mol. The lowest BCUT2D eigenvalue weighted by Crippen LogP contribution is -2.30. The number of rotatable bonds is 6. The number of benzene rings is 2. The minimum atomic E-state index is 0.597. The lowest BCUT2D eigenvalue weighted by molar-refractivity contribution is 0.542. The molecule has 1 saturated carbocycles. The lowest BCUT2D eigenvalue weighted by Gasteiger charge is -2.16. The molecule has 0 aliphatic heterocycles. The van der Waals surface area contributed by atoms with Crippen molar-refractivity contribution in [2.45, 2.75) is 30.2 Å². The summed E-state index contributed by atoms with van der Waals surface area (Å²) in [4.78, 5) is 1.41. The molecular weight excluding hydrogens is 274 g/mol. The molecule has 2 aromatic rings. The maximum Gasteiger partial charge on any atom is 0.0193 e. The summed E-state index contributed by atoms with van der Waals surface area (Å²) in [6.45, 7) is 2.20. The van der Waals surface area contributed by atoms with Gasteiger partial charge in [0.05, 0.1) is 0 Å². The maximum atomic E-state index is 3.53. The van der Waals surface area contributed by atoms with E-state index < -0.39 is 0 Å². The predicted molar refractivity (Wildman–Crippen MR) is 92.0 cm³/mol. The summed E-state index contributed by atoms with van der Waals surface area (Å²) in [5.41, 5.74) is 2.89. The van der Waals surface area contributed by atoms with Crippen molar-refractivity contribution in [2.75, 3.05) is 12.8 Å². The summed E-state index contributed by atoms with van der Waals surface area (Å²) in [5, 5.41) is 3.53. The van der Waals surface area contributed by atoms with Crippen molar-refractivity contribution in [1.82, 2.24) is 5.32 Å². The van der Waals surface area contributed by atoms with Crippen molar-refractivity contribution in [1.29, 1.82) is 0 Å². The van der Waals surface area contributed by atoms with E-state index in [9.17, 15) is 0 Å². The molecule has 3 unspecified atom stereocenters. The van der Waals surface area contributed by atoms with E-state index >= 15 is 0 Å². The largest absolute Gasteiger partial charge is 0.316 e. The van der Waals surface area contributed by atoms with E-state index in [-0.39, 0.29) is 0 Å². The molecular formula is C19H23NS. The van der Waals surface area contributed by atoms with Gasteiger partial charge in [-0.15, -0.1) is 11.8 Å². The molecule has 0 spiro atoms. The fourth-order valence-electron chi connectivity index (χ4n) is 3.06. The Morgan fingerprint density at radius 3 is 2.52 bits per heavy atom. The van der Waals surface area contributed by atoms with Crippen LogP contribution in [0.4, 0.5) is 0 Å². The van der Waals surface area contributed by atoms with Gasteiger partial charge < -0.3 is 5.32 Å². The van der Waals surface area contributed by atoms with Crippen LogP contribution >= 0.6 is 11.8 Å². The number of thioether (sulfide) groups is 1. The molecule has 2 aromatic carbocycles. The average Bonchev–Trinajstić information content (AvgIpc) is 3.31. The quantitative estimate of drug-likeness (QED) is 0.789. The van der Waals surface area contributed by atoms with Crippen LogP contribution in [-0.4, -0.2) is 18.8 Å². The first-order chi connectivity index (χ1) is 10.3. The summed E-state index contributed by atoms with van der Waals surface area (Å²) in [6.07, 6.45) is 1.32. The predicted octanol–water partition coefficient (Wildman–Crippen LogP) is 4.48. The molecule has 0 bridgehead atoms. The molecule has 0 radical (unpaired) electrons. The van der Waals surface area contributed by atoms with Gasteiger partial charge in [-0.2, -0.15) is 0 Å². The second-order valence-corrected chi connectivity index (χ2v) is 6.95. The molecule has 3 rings (SSSR count). The fraction of sp³-hybridized carbons (Fsp3) is 0.368. The topological polar surface area (TPSA) is 12.0 Å². The second-order valence-electron chi connectivity index (χ2n) is 5.89. The zero-order chi connectivity index (χ0) is 14.7. The van der Waals surface area contributed by atoms with Crippen LogP contribution in [0.15, 0.2) is 59.5 Å². The minimum Gasteiger partial charge on any atom is -0.316 e. The van der Waals surface area contributed by atoms with Gasteiger partial charge in [-0.3, -0.25) is 0 Å². The highest BCUT2D eigenvalue weighted by Crippen LogP contribution is 2.50. The summed E-state index contributed by atoms with van der Waals surface area (Å²) in [5.74, 6) is 2.69. The highest BCUT2D eigenvalue weighted by molar-refractivity contribution is 7.99. The van der Waals surface area contributed by atoms with Crippen LogP contribution in [0.2, 0.25) is 0 Å². The molecule has 21 heavy (non-hydrogen) atoms. The van der Waals surface area contributed by atoms with E-state index in [2.05, 4.69) is 73.9 Å². The molecule has 3 atom stereocenters. The second kappa shape index (κ2) is 6.67. The third-order valence-electron chi connectivity index (χ3n) is 4.47. The summed E-state index contributed by atoms with van der Waals surface area (Å²) in [6, 6.07) is 20.2. The van der Waals surface area contributed by atoms with Gasteiger partial charge in [-0.1, -0.05) is 48.5 Å². The van der Waals surface area contributed by atoms with Crippen molar-refractivity contribution in [3.8, 4) is 0 Å². The lowest BCUT2D eigenvalue weighted by atomic mass is 10.1. The van der Waals surface area contributed by atoms with Gasteiger partial charge in [-0.05, 0) is 49.4 Å². The number of hydrogen-bond acceptors (Lipinski definition) is 2. The summed E-state index contributed by atoms with van der Waals surface area (Å²) < 4.78 is 0. The zero-order valence-corrected chi connectivity index (χ0v) is 13.6. The van der Waals surface area contributed by atoms with Crippen LogP contribution in [0.25, 0.3) is 0 Å². The van der Waals surface area contributed by atoms with E-state index in [4.69, 9.17) is 0 Å². The molecule has 0 aromatic heterocycles. The van der Waals surface area contributed by atoms with Crippen LogP contribution in [-0.2, 0) is 0 Å². The van der Waals surface area contributed by atoms with E-state index in [1.807, 2.05) is 11.8 Å². The molecule has 0 heterocycles. The molecule has 1 aliphatic rings. The Hall–Kier alpha value is -1.25. The zero-order valence-electron chi connectivity index (χ0n) is 12.8. The van der Waals surface area contributed by atoms with Gasteiger partial charge in [0, 0.05) is 16.7 Å². The van der Waals surface area contributed by atoms with E-state index in [1.165, 1.54) is 22.4 Å². The van der Waals surface area contributed by atoms with Gasteiger partial charge in [0.15, 0.2) is 0 Å². The van der Waals surface area contributed by atoms with Gasteiger partial charge in [0.1, 0.15) is 0 Å². The smallest absolute Gasteiger partial charge is 0.0193 e. The standard InChI is InChI=1S/C19H23NS/c1-14-8-6-7-11-19(14)21-13-18(20-2)17-12-16(17)15-9-4-3-5-10-15/h3-11,16-18,20H,12-13H2,1-2H3. The minimum absolute atomic E-state index is 0.597. The highest BCUT2D eigenvalue weighted by atomic mass is 32.2. The molecule has 2 heteroatoms. The Balaban J connectivity index is 1.59. The molecule has 1 N–H and O–H groups in total. The Labute approximate surface area is 132 Å². The van der Waals surface area contributed by atoms with E-state index in [0.717, 1.165) is 17.6 Å². The van der Waals surface area contributed by atoms with Crippen LogP contribution in [0.5, 0.6) is 0 Å². The molecule has 1 fully saturated rings. The van der Waals surface area contributed by atoms with Gasteiger partial charge in [-0.25, -0.2) is 0 Å². The van der Waals surface area contributed by atoms with Gasteiger partial charge >= 0.3 is 0 Å². The SMILES string of the molecule is CNC(CSc1ccccc1C)C1CC1c1ccccc1. The first-order valence-corrected chi connectivity index (χ1v) is 8.69. The molecule has 0 saturated heterocycles. The molecule has 110 valence electrons. The van der Waals surface area contributed by atoms with Crippen LogP contribution in [0.3, 0.4) is 0 Å². The van der Waals surface area contributed by atoms with Gasteiger partial charge in [0.2, 0.25) is 0 Å². The van der Waals surface area contributed by atoms with Gasteiger partial charge in [0.25, 0.3) is 0 Å². The third-order valence-corrected chi connectivity index (χ3v) is 5.76. The molecule has 1 aliphatic carbocycles. The van der Waals surface area contributed by atoms with Crippen molar-refractivity contribution >= 4 is 11.8 Å². The number of hydrogen-bond donors (Lipinski definition) is 1. The third kappa shape index (κ3) is 3.50.